The molecule has 144 valence electrons. The van der Waals surface area contributed by atoms with Crippen molar-refractivity contribution >= 4 is 28.6 Å². The molecule has 1 N–H and O–H groups in total. The van der Waals surface area contributed by atoms with E-state index in [4.69, 9.17) is 0 Å². The van der Waals surface area contributed by atoms with Gasteiger partial charge in [0.2, 0.25) is 5.91 Å². The van der Waals surface area contributed by atoms with E-state index >= 15 is 0 Å². The fourth-order valence-electron chi connectivity index (χ4n) is 4.25. The van der Waals surface area contributed by atoms with Gasteiger partial charge in [-0.25, -0.2) is 0 Å². The minimum Gasteiger partial charge on any atom is -0.372 e. The largest absolute Gasteiger partial charge is 0.372 e. The molecule has 1 aromatic carbocycles. The van der Waals surface area contributed by atoms with Crippen molar-refractivity contribution in [3.05, 3.63) is 46.2 Å². The van der Waals surface area contributed by atoms with Crippen molar-refractivity contribution in [3.63, 3.8) is 0 Å². The molecule has 5 heteroatoms. The van der Waals surface area contributed by atoms with Crippen molar-refractivity contribution in [1.29, 1.82) is 0 Å². The maximum atomic E-state index is 12.5. The molecule has 1 aromatic heterocycles. The third kappa shape index (κ3) is 4.36. The molecular weight excluding hydrogens is 354 g/mol. The number of carbonyl (C=O) groups excluding carboxylic acids is 1. The molecule has 27 heavy (non-hydrogen) atoms. The lowest BCUT2D eigenvalue weighted by Gasteiger charge is -2.32. The molecule has 1 unspecified atom stereocenters. The van der Waals surface area contributed by atoms with E-state index in [2.05, 4.69) is 45.6 Å². The van der Waals surface area contributed by atoms with Crippen molar-refractivity contribution in [1.82, 2.24) is 4.90 Å². The van der Waals surface area contributed by atoms with Gasteiger partial charge in [-0.1, -0.05) is 12.8 Å². The number of hydrogen-bond donors (Lipinski definition) is 1. The average Bonchev–Trinajstić information content (AvgIpc) is 2.99. The van der Waals surface area contributed by atoms with Crippen LogP contribution in [0.15, 0.2) is 35.7 Å². The van der Waals surface area contributed by atoms with E-state index in [1.165, 1.54) is 41.8 Å². The summed E-state index contributed by atoms with van der Waals surface area (Å²) in [5.41, 5.74) is 3.55. The first kappa shape index (κ1) is 18.5. The van der Waals surface area contributed by atoms with E-state index in [1.807, 2.05) is 23.5 Å². The van der Waals surface area contributed by atoms with Crippen LogP contribution in [0.5, 0.6) is 0 Å². The summed E-state index contributed by atoms with van der Waals surface area (Å²) in [5, 5.41) is 5.24. The monoisotopic (exact) mass is 383 g/mol. The van der Waals surface area contributed by atoms with Crippen LogP contribution in [0.1, 0.15) is 49.1 Å². The van der Waals surface area contributed by atoms with Gasteiger partial charge in [0, 0.05) is 41.9 Å². The Morgan fingerprint density at radius 3 is 2.56 bits per heavy atom. The minimum atomic E-state index is 0.0723. The van der Waals surface area contributed by atoms with Crippen LogP contribution in [-0.2, 0) is 11.2 Å². The highest BCUT2D eigenvalue weighted by Gasteiger charge is 2.26. The van der Waals surface area contributed by atoms with E-state index < -0.39 is 0 Å². The number of hydrogen-bond acceptors (Lipinski definition) is 4. The predicted molar refractivity (Wildman–Crippen MR) is 114 cm³/mol. The molecule has 4 nitrogen and oxygen atoms in total. The second-order valence-corrected chi connectivity index (χ2v) is 8.69. The lowest BCUT2D eigenvalue weighted by molar-refractivity contribution is -0.117. The lowest BCUT2D eigenvalue weighted by atomic mass is 10.0. The highest BCUT2D eigenvalue weighted by molar-refractivity contribution is 7.10. The van der Waals surface area contributed by atoms with Gasteiger partial charge in [0.15, 0.2) is 0 Å². The Balaban J connectivity index is 1.33. The lowest BCUT2D eigenvalue weighted by Crippen LogP contribution is -2.39. The van der Waals surface area contributed by atoms with Crippen LogP contribution < -0.4 is 10.2 Å². The first-order valence-corrected chi connectivity index (χ1v) is 11.0. The highest BCUT2D eigenvalue weighted by atomic mass is 32.1. The molecular formula is C22H29N3OS. The molecule has 2 aliphatic rings. The molecule has 0 radical (unpaired) electrons. The normalized spacial score (nSPS) is 20.8. The first-order chi connectivity index (χ1) is 13.2. The number of nitrogens with zero attached hydrogens (tertiary/aromatic N) is 2. The summed E-state index contributed by atoms with van der Waals surface area (Å²) >= 11 is 1.84. The molecule has 2 aromatic rings. The Hall–Kier alpha value is -1.85. The van der Waals surface area contributed by atoms with Crippen molar-refractivity contribution < 1.29 is 4.79 Å². The summed E-state index contributed by atoms with van der Waals surface area (Å²) in [4.78, 5) is 18.8. The number of carbonyl (C=O) groups is 1. The zero-order chi connectivity index (χ0) is 18.6. The van der Waals surface area contributed by atoms with E-state index in [9.17, 15) is 4.79 Å². The summed E-state index contributed by atoms with van der Waals surface area (Å²) in [5.74, 6) is 0.0723. The number of fused-ring (bicyclic) bond motifs is 1. The van der Waals surface area contributed by atoms with Gasteiger partial charge < -0.3 is 10.2 Å². The Kier molecular flexibility index (Phi) is 5.79. The molecule has 1 saturated heterocycles. The Morgan fingerprint density at radius 2 is 1.81 bits per heavy atom. The van der Waals surface area contributed by atoms with Crippen LogP contribution in [-0.4, -0.2) is 37.0 Å². The molecule has 1 amide bonds. The molecule has 0 aliphatic carbocycles. The summed E-state index contributed by atoms with van der Waals surface area (Å²) in [6.45, 7) is 5.89. The van der Waals surface area contributed by atoms with Gasteiger partial charge in [0.1, 0.15) is 0 Å². The smallest absolute Gasteiger partial charge is 0.238 e. The number of anilines is 2. The molecule has 3 heterocycles. The third-order valence-electron chi connectivity index (χ3n) is 5.87. The molecule has 4 rings (SSSR count). The SMILES string of the molecule is CC1c2ccsc2CCN1CC(=O)Nc1ccc(N2CCCCCC2)cc1. The summed E-state index contributed by atoms with van der Waals surface area (Å²) < 4.78 is 0. The van der Waals surface area contributed by atoms with E-state index in [-0.39, 0.29) is 5.91 Å². The molecule has 0 spiro atoms. The third-order valence-corrected chi connectivity index (χ3v) is 6.87. The van der Waals surface area contributed by atoms with Crippen LogP contribution in [0.2, 0.25) is 0 Å². The molecule has 0 saturated carbocycles. The quantitative estimate of drug-likeness (QED) is 0.832. The van der Waals surface area contributed by atoms with Gasteiger partial charge in [0.25, 0.3) is 0 Å². The summed E-state index contributed by atoms with van der Waals surface area (Å²) in [6, 6.07) is 10.9. The fourth-order valence-corrected chi connectivity index (χ4v) is 5.21. The number of thiophene rings is 1. The predicted octanol–water partition coefficient (Wildman–Crippen LogP) is 4.69. The Labute approximate surface area is 166 Å². The van der Waals surface area contributed by atoms with Gasteiger partial charge >= 0.3 is 0 Å². The van der Waals surface area contributed by atoms with Crippen LogP contribution in [0.4, 0.5) is 11.4 Å². The topological polar surface area (TPSA) is 35.6 Å². The number of nitrogens with one attached hydrogen (secondary N) is 1. The van der Waals surface area contributed by atoms with Crippen LogP contribution in [0, 0.1) is 0 Å². The van der Waals surface area contributed by atoms with Gasteiger partial charge in [0.05, 0.1) is 6.54 Å². The Morgan fingerprint density at radius 1 is 1.07 bits per heavy atom. The first-order valence-electron chi connectivity index (χ1n) is 10.2. The van der Waals surface area contributed by atoms with Gasteiger partial charge in [-0.3, -0.25) is 9.69 Å². The maximum Gasteiger partial charge on any atom is 0.238 e. The highest BCUT2D eigenvalue weighted by Crippen LogP contribution is 2.32. The number of benzene rings is 1. The molecule has 1 atom stereocenters. The summed E-state index contributed by atoms with van der Waals surface area (Å²) in [6.07, 6.45) is 6.28. The van der Waals surface area contributed by atoms with Crippen LogP contribution >= 0.6 is 11.3 Å². The van der Waals surface area contributed by atoms with Gasteiger partial charge in [-0.2, -0.15) is 0 Å². The second-order valence-electron chi connectivity index (χ2n) is 7.69. The van der Waals surface area contributed by atoms with Crippen molar-refractivity contribution in [2.24, 2.45) is 0 Å². The van der Waals surface area contributed by atoms with Gasteiger partial charge in [-0.05, 0) is 67.5 Å². The molecule has 1 fully saturated rings. The number of amides is 1. The summed E-state index contributed by atoms with van der Waals surface area (Å²) in [7, 11) is 0. The fraction of sp³-hybridized carbons (Fsp3) is 0.500. The van der Waals surface area contributed by atoms with Crippen molar-refractivity contribution in [2.45, 2.75) is 45.1 Å². The van der Waals surface area contributed by atoms with Crippen LogP contribution in [0.25, 0.3) is 0 Å². The second kappa shape index (κ2) is 8.44. The Bertz CT molecular complexity index is 762. The van der Waals surface area contributed by atoms with Crippen LogP contribution in [0.3, 0.4) is 0 Å². The standard InChI is InChI=1S/C22H29N3OS/c1-17-20-11-15-27-21(20)10-14-25(17)16-22(26)23-18-6-8-19(9-7-18)24-12-4-2-3-5-13-24/h6-9,11,15,17H,2-5,10,12-14,16H2,1H3,(H,23,26). The molecule has 2 aliphatic heterocycles. The van der Waals surface area contributed by atoms with Gasteiger partial charge in [-0.15, -0.1) is 11.3 Å². The minimum absolute atomic E-state index is 0.0723. The van der Waals surface area contributed by atoms with Crippen molar-refractivity contribution in [2.75, 3.05) is 36.4 Å². The van der Waals surface area contributed by atoms with E-state index in [0.717, 1.165) is 31.7 Å². The zero-order valence-corrected chi connectivity index (χ0v) is 16.9. The number of rotatable bonds is 4. The van der Waals surface area contributed by atoms with E-state index in [1.54, 1.807) is 0 Å². The van der Waals surface area contributed by atoms with E-state index in [0.29, 0.717) is 12.6 Å². The average molecular weight is 384 g/mol. The maximum absolute atomic E-state index is 12.5. The zero-order valence-electron chi connectivity index (χ0n) is 16.1. The van der Waals surface area contributed by atoms with Crippen molar-refractivity contribution in [3.8, 4) is 0 Å². The molecule has 0 bridgehead atoms.